The molecule has 2 heterocycles. The molecule has 1 fully saturated rings. The summed E-state index contributed by atoms with van der Waals surface area (Å²) in [7, 11) is 0. The number of amides is 2. The van der Waals surface area contributed by atoms with E-state index < -0.39 is 11.8 Å². The average molecular weight is 460 g/mol. The number of hydrogen-bond donors (Lipinski definition) is 1. The van der Waals surface area contributed by atoms with E-state index in [0.29, 0.717) is 5.69 Å². The van der Waals surface area contributed by atoms with Crippen LogP contribution in [0.3, 0.4) is 0 Å². The van der Waals surface area contributed by atoms with Crippen molar-refractivity contribution in [3.05, 3.63) is 70.3 Å². The SMILES string of the molecule is CCN1c2ccc(/C=C3\C(=O)NC(=S)N(c4cccc(C)c4C)C3=O)cc2C(C)=CC1(C)C. The van der Waals surface area contributed by atoms with E-state index in [2.05, 4.69) is 50.1 Å². The number of benzene rings is 2. The molecule has 1 N–H and O–H groups in total. The Labute approximate surface area is 200 Å². The molecule has 5 nitrogen and oxygen atoms in total. The lowest BCUT2D eigenvalue weighted by molar-refractivity contribution is -0.122. The van der Waals surface area contributed by atoms with Gasteiger partial charge in [-0.3, -0.25) is 19.8 Å². The highest BCUT2D eigenvalue weighted by Crippen LogP contribution is 2.39. The van der Waals surface area contributed by atoms with E-state index in [1.807, 2.05) is 44.2 Å². The van der Waals surface area contributed by atoms with E-state index in [-0.39, 0.29) is 16.2 Å². The van der Waals surface area contributed by atoms with Crippen LogP contribution in [0.1, 0.15) is 49.9 Å². The second-order valence-corrected chi connectivity index (χ2v) is 9.57. The number of carbonyl (C=O) groups excluding carboxylic acids is 2. The molecule has 170 valence electrons. The van der Waals surface area contributed by atoms with E-state index in [1.54, 1.807) is 6.08 Å². The van der Waals surface area contributed by atoms with Crippen LogP contribution < -0.4 is 15.1 Å². The summed E-state index contributed by atoms with van der Waals surface area (Å²) in [6.07, 6.45) is 3.91. The van der Waals surface area contributed by atoms with Crippen molar-refractivity contribution in [2.24, 2.45) is 0 Å². The van der Waals surface area contributed by atoms with Crippen LogP contribution in [0.15, 0.2) is 48.0 Å². The van der Waals surface area contributed by atoms with Crippen molar-refractivity contribution in [1.29, 1.82) is 0 Å². The molecule has 33 heavy (non-hydrogen) atoms. The first-order chi connectivity index (χ1) is 15.5. The molecule has 0 aromatic heterocycles. The van der Waals surface area contributed by atoms with Crippen LogP contribution in [0.25, 0.3) is 11.6 Å². The molecule has 2 aromatic rings. The molecule has 0 saturated carbocycles. The zero-order chi connectivity index (χ0) is 24.1. The number of rotatable bonds is 3. The number of carbonyl (C=O) groups is 2. The minimum absolute atomic E-state index is 0.0644. The van der Waals surface area contributed by atoms with E-state index >= 15 is 0 Å². The fourth-order valence-electron chi connectivity index (χ4n) is 4.79. The molecule has 0 aliphatic carbocycles. The number of thiocarbonyl (C=S) groups is 1. The van der Waals surface area contributed by atoms with Gasteiger partial charge in [0, 0.05) is 17.8 Å². The zero-order valence-electron chi connectivity index (χ0n) is 19.9. The first kappa shape index (κ1) is 22.9. The minimum atomic E-state index is -0.479. The number of nitrogens with zero attached hydrogens (tertiary/aromatic N) is 2. The van der Waals surface area contributed by atoms with Crippen LogP contribution in [0.4, 0.5) is 11.4 Å². The maximum absolute atomic E-state index is 13.4. The molecule has 0 spiro atoms. The fraction of sp³-hybridized carbons (Fsp3) is 0.296. The van der Waals surface area contributed by atoms with Crippen LogP contribution >= 0.6 is 12.2 Å². The van der Waals surface area contributed by atoms with Gasteiger partial charge >= 0.3 is 0 Å². The first-order valence-corrected chi connectivity index (χ1v) is 11.5. The minimum Gasteiger partial charge on any atom is -0.363 e. The second-order valence-electron chi connectivity index (χ2n) is 9.18. The summed E-state index contributed by atoms with van der Waals surface area (Å²) in [6, 6.07) is 11.8. The van der Waals surface area contributed by atoms with Gasteiger partial charge in [0.15, 0.2) is 5.11 Å². The van der Waals surface area contributed by atoms with Crippen molar-refractivity contribution >= 4 is 52.2 Å². The molecule has 4 rings (SSSR count). The Hall–Kier alpha value is -3.25. The van der Waals surface area contributed by atoms with Crippen molar-refractivity contribution in [2.45, 2.75) is 47.1 Å². The summed E-state index contributed by atoms with van der Waals surface area (Å²) in [5.41, 5.74) is 6.90. The van der Waals surface area contributed by atoms with Gasteiger partial charge in [0.1, 0.15) is 5.57 Å². The van der Waals surface area contributed by atoms with E-state index in [4.69, 9.17) is 12.2 Å². The summed E-state index contributed by atoms with van der Waals surface area (Å²) in [5, 5.41) is 2.78. The number of anilines is 2. The van der Waals surface area contributed by atoms with Crippen molar-refractivity contribution in [3.63, 3.8) is 0 Å². The van der Waals surface area contributed by atoms with Gasteiger partial charge in [0.25, 0.3) is 11.8 Å². The van der Waals surface area contributed by atoms with Gasteiger partial charge in [0.05, 0.1) is 11.2 Å². The molecular formula is C27H29N3O2S. The third-order valence-corrected chi connectivity index (χ3v) is 6.83. The van der Waals surface area contributed by atoms with E-state index in [1.165, 1.54) is 10.5 Å². The monoisotopic (exact) mass is 459 g/mol. The molecule has 2 amide bonds. The Morgan fingerprint density at radius 1 is 1.06 bits per heavy atom. The maximum atomic E-state index is 13.4. The van der Waals surface area contributed by atoms with Crippen LogP contribution in [0.2, 0.25) is 0 Å². The average Bonchev–Trinajstić information content (AvgIpc) is 2.74. The Balaban J connectivity index is 1.77. The Morgan fingerprint density at radius 2 is 1.79 bits per heavy atom. The topological polar surface area (TPSA) is 52.7 Å². The fourth-order valence-corrected chi connectivity index (χ4v) is 5.06. The maximum Gasteiger partial charge on any atom is 0.270 e. The predicted octanol–water partition coefficient (Wildman–Crippen LogP) is 5.16. The summed E-state index contributed by atoms with van der Waals surface area (Å²) < 4.78 is 0. The summed E-state index contributed by atoms with van der Waals surface area (Å²) in [4.78, 5) is 30.0. The molecule has 1 saturated heterocycles. The van der Waals surface area contributed by atoms with Crippen LogP contribution in [0.5, 0.6) is 0 Å². The first-order valence-electron chi connectivity index (χ1n) is 11.1. The summed E-state index contributed by atoms with van der Waals surface area (Å²) in [5.74, 6) is -0.897. The molecule has 2 aromatic carbocycles. The number of hydrogen-bond acceptors (Lipinski definition) is 4. The molecule has 0 atom stereocenters. The highest BCUT2D eigenvalue weighted by Gasteiger charge is 2.35. The Bertz CT molecular complexity index is 1260. The summed E-state index contributed by atoms with van der Waals surface area (Å²) >= 11 is 5.36. The van der Waals surface area contributed by atoms with Crippen LogP contribution in [-0.4, -0.2) is 29.0 Å². The van der Waals surface area contributed by atoms with E-state index in [0.717, 1.165) is 34.5 Å². The number of fused-ring (bicyclic) bond motifs is 1. The third-order valence-electron chi connectivity index (χ3n) is 6.55. The second kappa shape index (κ2) is 8.27. The number of aryl methyl sites for hydroxylation is 1. The summed E-state index contributed by atoms with van der Waals surface area (Å²) in [6.45, 7) is 13.5. The predicted molar refractivity (Wildman–Crippen MR) is 139 cm³/mol. The smallest absolute Gasteiger partial charge is 0.270 e. The number of nitrogens with one attached hydrogen (secondary N) is 1. The van der Waals surface area contributed by atoms with Gasteiger partial charge in [-0.25, -0.2) is 0 Å². The van der Waals surface area contributed by atoms with Crippen molar-refractivity contribution in [3.8, 4) is 0 Å². The standard InChI is InChI=1S/C27H29N3O2S/c1-7-29-23-12-11-19(13-20(23)17(3)15-27(29,5)6)14-21-24(31)28-26(33)30(25(21)32)22-10-8-9-16(2)18(22)4/h8-15H,7H2,1-6H3,(H,28,31,33)/b21-14+. The van der Waals surface area contributed by atoms with Gasteiger partial charge in [-0.2, -0.15) is 0 Å². The Morgan fingerprint density at radius 3 is 2.48 bits per heavy atom. The van der Waals surface area contributed by atoms with Crippen molar-refractivity contribution < 1.29 is 9.59 Å². The van der Waals surface area contributed by atoms with Gasteiger partial charge < -0.3 is 4.90 Å². The highest BCUT2D eigenvalue weighted by molar-refractivity contribution is 7.80. The quantitative estimate of drug-likeness (QED) is 0.392. The van der Waals surface area contributed by atoms with Crippen molar-refractivity contribution in [2.75, 3.05) is 16.3 Å². The van der Waals surface area contributed by atoms with Gasteiger partial charge in [0.2, 0.25) is 0 Å². The molecule has 2 aliphatic heterocycles. The van der Waals surface area contributed by atoms with Gasteiger partial charge in [-0.15, -0.1) is 0 Å². The van der Waals surface area contributed by atoms with Gasteiger partial charge in [-0.1, -0.05) is 24.3 Å². The highest BCUT2D eigenvalue weighted by atomic mass is 32.1. The molecular weight excluding hydrogens is 430 g/mol. The third kappa shape index (κ3) is 3.89. The molecule has 0 bridgehead atoms. The Kier molecular flexibility index (Phi) is 5.74. The molecule has 2 aliphatic rings. The largest absolute Gasteiger partial charge is 0.363 e. The normalized spacial score (nSPS) is 18.9. The van der Waals surface area contributed by atoms with Crippen molar-refractivity contribution in [1.82, 2.24) is 5.32 Å². The lowest BCUT2D eigenvalue weighted by atomic mass is 9.88. The van der Waals surface area contributed by atoms with Gasteiger partial charge in [-0.05, 0) is 100 Å². The van der Waals surface area contributed by atoms with Crippen LogP contribution in [0, 0.1) is 13.8 Å². The molecule has 0 radical (unpaired) electrons. The van der Waals surface area contributed by atoms with Crippen LogP contribution in [-0.2, 0) is 9.59 Å². The lowest BCUT2D eigenvalue weighted by Crippen LogP contribution is -2.54. The van der Waals surface area contributed by atoms with E-state index in [9.17, 15) is 9.59 Å². The zero-order valence-corrected chi connectivity index (χ0v) is 20.8. The lowest BCUT2D eigenvalue weighted by Gasteiger charge is -2.42. The number of likely N-dealkylation sites (N-methyl/N-ethyl adjacent to an activating group) is 1. The molecule has 0 unspecified atom stereocenters. The molecule has 6 heteroatoms. The number of allylic oxidation sites excluding steroid dienone is 1.